The van der Waals surface area contributed by atoms with Crippen LogP contribution in [0.5, 0.6) is 0 Å². The van der Waals surface area contributed by atoms with E-state index >= 15 is 0 Å². The van der Waals surface area contributed by atoms with Gasteiger partial charge in [-0.3, -0.25) is 14.4 Å². The largest absolute Gasteiger partial charge is 0.342 e. The molecule has 2 aromatic rings. The molecular formula is C17H20N4O3. The van der Waals surface area contributed by atoms with Crippen LogP contribution in [0.15, 0.2) is 29.3 Å². The summed E-state index contributed by atoms with van der Waals surface area (Å²) in [6, 6.07) is 4.99. The number of benzene rings is 1. The number of amides is 2. The minimum atomic E-state index is -0.362. The molecule has 0 spiro atoms. The summed E-state index contributed by atoms with van der Waals surface area (Å²) >= 11 is 0. The van der Waals surface area contributed by atoms with Crippen molar-refractivity contribution < 1.29 is 9.59 Å². The molecule has 1 fully saturated rings. The number of rotatable bonds is 4. The number of hydrogen-bond donors (Lipinski definition) is 2. The maximum absolute atomic E-state index is 12.4. The van der Waals surface area contributed by atoms with Gasteiger partial charge in [0.15, 0.2) is 0 Å². The Morgan fingerprint density at radius 2 is 2.21 bits per heavy atom. The van der Waals surface area contributed by atoms with Crippen LogP contribution in [0.2, 0.25) is 0 Å². The van der Waals surface area contributed by atoms with Gasteiger partial charge in [-0.05, 0) is 24.1 Å². The van der Waals surface area contributed by atoms with E-state index in [0.29, 0.717) is 35.6 Å². The number of aromatic amines is 1. The predicted octanol–water partition coefficient (Wildman–Crippen LogP) is 1.37. The number of aromatic nitrogens is 2. The summed E-state index contributed by atoms with van der Waals surface area (Å²) in [4.78, 5) is 44.5. The molecule has 2 amide bonds. The lowest BCUT2D eigenvalue weighted by Gasteiger charge is -2.18. The summed E-state index contributed by atoms with van der Waals surface area (Å²) in [5, 5.41) is 3.22. The normalized spacial score (nSPS) is 17.7. The fourth-order valence-corrected chi connectivity index (χ4v) is 2.96. The summed E-state index contributed by atoms with van der Waals surface area (Å²) in [6.07, 6.45) is 1.57. The molecule has 1 aliphatic rings. The van der Waals surface area contributed by atoms with E-state index in [-0.39, 0.29) is 29.7 Å². The molecule has 2 N–H and O–H groups in total. The highest BCUT2D eigenvalue weighted by atomic mass is 16.2. The molecular weight excluding hydrogens is 308 g/mol. The van der Waals surface area contributed by atoms with Crippen molar-refractivity contribution in [1.82, 2.24) is 14.9 Å². The zero-order chi connectivity index (χ0) is 17.3. The van der Waals surface area contributed by atoms with Gasteiger partial charge in [-0.25, -0.2) is 4.98 Å². The van der Waals surface area contributed by atoms with E-state index in [1.54, 1.807) is 23.1 Å². The van der Waals surface area contributed by atoms with Gasteiger partial charge in [0.25, 0.3) is 5.56 Å². The molecule has 1 aromatic heterocycles. The van der Waals surface area contributed by atoms with Crippen LogP contribution in [-0.4, -0.2) is 39.8 Å². The van der Waals surface area contributed by atoms with E-state index in [1.807, 2.05) is 13.8 Å². The molecule has 0 unspecified atom stereocenters. The average Bonchev–Trinajstić information content (AvgIpc) is 2.88. The molecule has 24 heavy (non-hydrogen) atoms. The Balaban J connectivity index is 1.72. The molecule has 2 heterocycles. The summed E-state index contributed by atoms with van der Waals surface area (Å²) in [5.74, 6) is -0.174. The molecule has 7 heteroatoms. The van der Waals surface area contributed by atoms with Gasteiger partial charge in [0.1, 0.15) is 0 Å². The summed E-state index contributed by atoms with van der Waals surface area (Å²) < 4.78 is 0. The van der Waals surface area contributed by atoms with Gasteiger partial charge < -0.3 is 15.2 Å². The standard InChI is InChI=1S/C17H20N4O3/c1-10(2)7-21-8-11(5-15(21)22)16(23)20-12-3-4-14-13(6-12)17(24)19-9-18-14/h3-4,6,9-11H,5,7-8H2,1-2H3,(H,20,23)(H,18,19,24)/t11-/m0/s1. The molecule has 0 aliphatic carbocycles. The van der Waals surface area contributed by atoms with E-state index in [4.69, 9.17) is 0 Å². The molecule has 1 aromatic carbocycles. The first-order valence-electron chi connectivity index (χ1n) is 8.00. The van der Waals surface area contributed by atoms with E-state index < -0.39 is 0 Å². The maximum Gasteiger partial charge on any atom is 0.258 e. The van der Waals surface area contributed by atoms with Crippen molar-refractivity contribution >= 4 is 28.4 Å². The Labute approximate surface area is 139 Å². The molecule has 1 aliphatic heterocycles. The Bertz CT molecular complexity index is 843. The molecule has 1 saturated heterocycles. The molecule has 0 bridgehead atoms. The van der Waals surface area contributed by atoms with Gasteiger partial charge >= 0.3 is 0 Å². The van der Waals surface area contributed by atoms with Crippen molar-refractivity contribution in [3.63, 3.8) is 0 Å². The van der Waals surface area contributed by atoms with Crippen molar-refractivity contribution in [2.45, 2.75) is 20.3 Å². The Hall–Kier alpha value is -2.70. The molecule has 1 atom stereocenters. The second kappa shape index (κ2) is 6.43. The zero-order valence-corrected chi connectivity index (χ0v) is 13.7. The monoisotopic (exact) mass is 328 g/mol. The van der Waals surface area contributed by atoms with Crippen molar-refractivity contribution in [2.75, 3.05) is 18.4 Å². The lowest BCUT2D eigenvalue weighted by atomic mass is 10.1. The number of H-pyrrole nitrogens is 1. The highest BCUT2D eigenvalue weighted by molar-refractivity contribution is 5.98. The van der Waals surface area contributed by atoms with Crippen LogP contribution in [-0.2, 0) is 9.59 Å². The number of hydrogen-bond acceptors (Lipinski definition) is 4. The van der Waals surface area contributed by atoms with E-state index in [2.05, 4.69) is 15.3 Å². The third-order valence-corrected chi connectivity index (χ3v) is 4.08. The quantitative estimate of drug-likeness (QED) is 0.886. The first-order chi connectivity index (χ1) is 11.4. The maximum atomic E-state index is 12.4. The summed E-state index contributed by atoms with van der Waals surface area (Å²) in [7, 11) is 0. The fourth-order valence-electron chi connectivity index (χ4n) is 2.96. The van der Waals surface area contributed by atoms with Crippen LogP contribution < -0.4 is 10.9 Å². The van der Waals surface area contributed by atoms with Crippen LogP contribution in [0.1, 0.15) is 20.3 Å². The lowest BCUT2D eigenvalue weighted by Crippen LogP contribution is -2.31. The van der Waals surface area contributed by atoms with Gasteiger partial charge in [-0.1, -0.05) is 13.8 Å². The van der Waals surface area contributed by atoms with Crippen LogP contribution in [0.3, 0.4) is 0 Å². The fraction of sp³-hybridized carbons (Fsp3) is 0.412. The molecule has 3 rings (SSSR count). The Morgan fingerprint density at radius 3 is 2.96 bits per heavy atom. The number of nitrogens with one attached hydrogen (secondary N) is 2. The number of anilines is 1. The van der Waals surface area contributed by atoms with Gasteiger partial charge in [-0.15, -0.1) is 0 Å². The Morgan fingerprint density at radius 1 is 1.42 bits per heavy atom. The lowest BCUT2D eigenvalue weighted by molar-refractivity contribution is -0.128. The highest BCUT2D eigenvalue weighted by Gasteiger charge is 2.34. The van der Waals surface area contributed by atoms with E-state index in [0.717, 1.165) is 0 Å². The highest BCUT2D eigenvalue weighted by Crippen LogP contribution is 2.21. The number of carbonyl (C=O) groups excluding carboxylic acids is 2. The predicted molar refractivity (Wildman–Crippen MR) is 90.5 cm³/mol. The van der Waals surface area contributed by atoms with Crippen molar-refractivity contribution in [2.24, 2.45) is 11.8 Å². The van der Waals surface area contributed by atoms with Crippen LogP contribution in [0.25, 0.3) is 10.9 Å². The van der Waals surface area contributed by atoms with Crippen LogP contribution in [0.4, 0.5) is 5.69 Å². The second-order valence-electron chi connectivity index (χ2n) is 6.55. The molecule has 7 nitrogen and oxygen atoms in total. The van der Waals surface area contributed by atoms with Crippen molar-refractivity contribution in [3.8, 4) is 0 Å². The van der Waals surface area contributed by atoms with Crippen molar-refractivity contribution in [1.29, 1.82) is 0 Å². The van der Waals surface area contributed by atoms with E-state index in [1.165, 1.54) is 6.33 Å². The van der Waals surface area contributed by atoms with Gasteiger partial charge in [-0.2, -0.15) is 0 Å². The first-order valence-corrected chi connectivity index (χ1v) is 8.00. The topological polar surface area (TPSA) is 95.2 Å². The minimum Gasteiger partial charge on any atom is -0.342 e. The Kier molecular flexibility index (Phi) is 4.33. The number of fused-ring (bicyclic) bond motifs is 1. The van der Waals surface area contributed by atoms with Crippen LogP contribution >= 0.6 is 0 Å². The first kappa shape index (κ1) is 16.2. The molecule has 126 valence electrons. The number of nitrogens with zero attached hydrogens (tertiary/aromatic N) is 2. The SMILES string of the molecule is CC(C)CN1C[C@@H](C(=O)Nc2ccc3nc[nH]c(=O)c3c2)CC1=O. The summed E-state index contributed by atoms with van der Waals surface area (Å²) in [6.45, 7) is 5.20. The number of carbonyl (C=O) groups is 2. The average molecular weight is 328 g/mol. The third kappa shape index (κ3) is 3.29. The second-order valence-corrected chi connectivity index (χ2v) is 6.55. The summed E-state index contributed by atoms with van der Waals surface area (Å²) in [5.41, 5.74) is 0.840. The number of likely N-dealkylation sites (tertiary alicyclic amines) is 1. The van der Waals surface area contributed by atoms with Gasteiger partial charge in [0.05, 0.1) is 23.1 Å². The minimum absolute atomic E-state index is 0.0167. The molecule has 0 radical (unpaired) electrons. The molecule has 0 saturated carbocycles. The van der Waals surface area contributed by atoms with Gasteiger partial charge in [0.2, 0.25) is 11.8 Å². The van der Waals surface area contributed by atoms with Crippen molar-refractivity contribution in [3.05, 3.63) is 34.9 Å². The smallest absolute Gasteiger partial charge is 0.258 e. The zero-order valence-electron chi connectivity index (χ0n) is 13.7. The van der Waals surface area contributed by atoms with Crippen LogP contribution in [0, 0.1) is 11.8 Å². The van der Waals surface area contributed by atoms with Gasteiger partial charge in [0, 0.05) is 25.2 Å². The third-order valence-electron chi connectivity index (χ3n) is 4.08. The van der Waals surface area contributed by atoms with E-state index in [9.17, 15) is 14.4 Å².